The first-order valence-corrected chi connectivity index (χ1v) is 10.9. The van der Waals surface area contributed by atoms with Gasteiger partial charge in [0.05, 0.1) is 16.5 Å². The Morgan fingerprint density at radius 1 is 1.22 bits per heavy atom. The number of para-hydroxylation sites is 1. The number of hydrogen-bond acceptors (Lipinski definition) is 6. The van der Waals surface area contributed by atoms with Crippen molar-refractivity contribution < 1.29 is 23.9 Å². The number of hydrogen-bond donors (Lipinski definition) is 1. The first-order chi connectivity index (χ1) is 15.4. The number of ether oxygens (including phenoxy) is 2. The molecule has 0 aromatic heterocycles. The molecule has 2 aromatic rings. The lowest BCUT2D eigenvalue weighted by Gasteiger charge is -2.14. The average molecular weight is 473 g/mol. The highest BCUT2D eigenvalue weighted by Gasteiger charge is 2.36. The van der Waals surface area contributed by atoms with Crippen LogP contribution >= 0.6 is 23.4 Å². The van der Waals surface area contributed by atoms with Crippen molar-refractivity contribution in [2.75, 3.05) is 25.1 Å². The molecule has 7 nitrogen and oxygen atoms in total. The van der Waals surface area contributed by atoms with Gasteiger partial charge in [0.1, 0.15) is 13.2 Å². The van der Waals surface area contributed by atoms with E-state index in [4.69, 9.17) is 21.1 Å². The van der Waals surface area contributed by atoms with Crippen molar-refractivity contribution in [2.45, 2.75) is 6.92 Å². The Morgan fingerprint density at radius 3 is 2.66 bits per heavy atom. The van der Waals surface area contributed by atoms with Crippen LogP contribution in [-0.4, -0.2) is 41.7 Å². The van der Waals surface area contributed by atoms with E-state index in [0.29, 0.717) is 34.4 Å². The van der Waals surface area contributed by atoms with Gasteiger partial charge in [-0.2, -0.15) is 0 Å². The molecule has 1 N–H and O–H groups in total. The maximum Gasteiger partial charge on any atom is 0.294 e. The highest BCUT2D eigenvalue weighted by molar-refractivity contribution is 8.18. The normalized spacial score (nSPS) is 14.6. The molecule has 0 spiro atoms. The molecule has 0 bridgehead atoms. The molecule has 166 valence electrons. The Hall–Kier alpha value is -3.23. The van der Waals surface area contributed by atoms with E-state index in [1.54, 1.807) is 42.5 Å². The third-order valence-corrected chi connectivity index (χ3v) is 5.40. The van der Waals surface area contributed by atoms with Gasteiger partial charge in [-0.3, -0.25) is 19.3 Å². The number of carbonyl (C=O) groups is 3. The van der Waals surface area contributed by atoms with Gasteiger partial charge in [0.25, 0.3) is 11.1 Å². The molecular formula is C23H21ClN2O5S. The molecule has 0 radical (unpaired) electrons. The van der Waals surface area contributed by atoms with Crippen LogP contribution in [0.4, 0.5) is 10.5 Å². The van der Waals surface area contributed by atoms with E-state index in [1.165, 1.54) is 6.08 Å². The summed E-state index contributed by atoms with van der Waals surface area (Å²) in [4.78, 5) is 38.5. The van der Waals surface area contributed by atoms with Crippen LogP contribution in [0.25, 0.3) is 6.08 Å². The van der Waals surface area contributed by atoms with Crippen LogP contribution in [-0.2, 0) is 9.59 Å². The van der Waals surface area contributed by atoms with E-state index < -0.39 is 17.1 Å². The predicted molar refractivity (Wildman–Crippen MR) is 126 cm³/mol. The SMILES string of the molecule is C=CCOc1c(Cl)cc(/C=C2\SC(=O)N(CC(=O)Nc3ccccc3)C2=O)cc1OCC. The minimum atomic E-state index is -0.552. The summed E-state index contributed by atoms with van der Waals surface area (Å²) in [5.41, 5.74) is 1.14. The fraction of sp³-hybridized carbons (Fsp3) is 0.174. The topological polar surface area (TPSA) is 84.9 Å². The highest BCUT2D eigenvalue weighted by Crippen LogP contribution is 2.39. The minimum absolute atomic E-state index is 0.181. The van der Waals surface area contributed by atoms with Crippen molar-refractivity contribution in [2.24, 2.45) is 0 Å². The number of rotatable bonds is 9. The standard InChI is InChI=1S/C23H21ClN2O5S/c1-3-10-31-21-17(24)11-15(12-18(21)30-4-2)13-19-22(28)26(23(29)32-19)14-20(27)25-16-8-6-5-7-9-16/h3,5-9,11-13H,1,4,10,14H2,2H3,(H,25,27)/b19-13-. The van der Waals surface area contributed by atoms with Gasteiger partial charge in [-0.15, -0.1) is 0 Å². The van der Waals surface area contributed by atoms with Crippen LogP contribution in [0, 0.1) is 0 Å². The molecule has 32 heavy (non-hydrogen) atoms. The first-order valence-electron chi connectivity index (χ1n) is 9.73. The number of thioether (sulfide) groups is 1. The van der Waals surface area contributed by atoms with Crippen molar-refractivity contribution in [1.29, 1.82) is 0 Å². The largest absolute Gasteiger partial charge is 0.490 e. The Bertz CT molecular complexity index is 1070. The number of imide groups is 1. The monoisotopic (exact) mass is 472 g/mol. The lowest BCUT2D eigenvalue weighted by Crippen LogP contribution is -2.36. The first kappa shape index (κ1) is 23.4. The Balaban J connectivity index is 1.77. The summed E-state index contributed by atoms with van der Waals surface area (Å²) in [5.74, 6) is -0.236. The maximum absolute atomic E-state index is 12.7. The van der Waals surface area contributed by atoms with Gasteiger partial charge in [0, 0.05) is 5.69 Å². The molecule has 0 saturated carbocycles. The number of halogens is 1. The third-order valence-electron chi connectivity index (χ3n) is 4.21. The second-order valence-corrected chi connectivity index (χ2v) is 7.95. The van der Waals surface area contributed by atoms with E-state index in [0.717, 1.165) is 16.7 Å². The molecular weight excluding hydrogens is 452 g/mol. The molecule has 2 aromatic carbocycles. The number of nitrogens with one attached hydrogen (secondary N) is 1. The summed E-state index contributed by atoms with van der Waals surface area (Å²) in [5, 5.41) is 2.43. The van der Waals surface area contributed by atoms with Crippen molar-refractivity contribution in [3.05, 3.63) is 70.6 Å². The lowest BCUT2D eigenvalue weighted by molar-refractivity contribution is -0.127. The summed E-state index contributed by atoms with van der Waals surface area (Å²) in [6, 6.07) is 12.1. The summed E-state index contributed by atoms with van der Waals surface area (Å²) >= 11 is 7.10. The smallest absolute Gasteiger partial charge is 0.294 e. The molecule has 3 rings (SSSR count). The highest BCUT2D eigenvalue weighted by atomic mass is 35.5. The van der Waals surface area contributed by atoms with Gasteiger partial charge in [0.15, 0.2) is 11.5 Å². The van der Waals surface area contributed by atoms with Gasteiger partial charge < -0.3 is 14.8 Å². The third kappa shape index (κ3) is 5.72. The zero-order valence-electron chi connectivity index (χ0n) is 17.3. The van der Waals surface area contributed by atoms with Gasteiger partial charge >= 0.3 is 0 Å². The molecule has 1 saturated heterocycles. The fourth-order valence-electron chi connectivity index (χ4n) is 2.87. The molecule has 1 fully saturated rings. The van der Waals surface area contributed by atoms with Crippen LogP contribution in [0.3, 0.4) is 0 Å². The summed E-state index contributed by atoms with van der Waals surface area (Å²) < 4.78 is 11.2. The van der Waals surface area contributed by atoms with Crippen LogP contribution < -0.4 is 14.8 Å². The minimum Gasteiger partial charge on any atom is -0.490 e. The van der Waals surface area contributed by atoms with Crippen molar-refractivity contribution >= 4 is 52.2 Å². The summed E-state index contributed by atoms with van der Waals surface area (Å²) in [7, 11) is 0. The number of carbonyl (C=O) groups excluding carboxylic acids is 3. The average Bonchev–Trinajstić information content (AvgIpc) is 3.01. The van der Waals surface area contributed by atoms with E-state index in [1.807, 2.05) is 13.0 Å². The zero-order valence-corrected chi connectivity index (χ0v) is 18.9. The van der Waals surface area contributed by atoms with E-state index in [9.17, 15) is 14.4 Å². The van der Waals surface area contributed by atoms with Crippen molar-refractivity contribution in [3.63, 3.8) is 0 Å². The van der Waals surface area contributed by atoms with Gasteiger partial charge in [-0.25, -0.2) is 0 Å². The fourth-order valence-corrected chi connectivity index (χ4v) is 3.98. The molecule has 0 aliphatic carbocycles. The second kappa shape index (κ2) is 10.9. The lowest BCUT2D eigenvalue weighted by atomic mass is 10.1. The van der Waals surface area contributed by atoms with Gasteiger partial charge in [-0.05, 0) is 54.6 Å². The van der Waals surface area contributed by atoms with E-state index in [-0.39, 0.29) is 18.1 Å². The number of amides is 3. The van der Waals surface area contributed by atoms with E-state index in [2.05, 4.69) is 11.9 Å². The van der Waals surface area contributed by atoms with Crippen molar-refractivity contribution in [3.8, 4) is 11.5 Å². The molecule has 1 heterocycles. The van der Waals surface area contributed by atoms with Crippen LogP contribution in [0.5, 0.6) is 11.5 Å². The molecule has 0 atom stereocenters. The quantitative estimate of drug-likeness (QED) is 0.409. The number of nitrogens with zero attached hydrogens (tertiary/aromatic N) is 1. The van der Waals surface area contributed by atoms with Crippen LogP contribution in [0.15, 0.2) is 60.0 Å². The van der Waals surface area contributed by atoms with Crippen LogP contribution in [0.1, 0.15) is 12.5 Å². The molecule has 9 heteroatoms. The Kier molecular flexibility index (Phi) is 7.97. The van der Waals surface area contributed by atoms with E-state index >= 15 is 0 Å². The van der Waals surface area contributed by atoms with Crippen LogP contribution in [0.2, 0.25) is 5.02 Å². The number of benzene rings is 2. The molecule has 0 unspecified atom stereocenters. The summed E-state index contributed by atoms with van der Waals surface area (Å²) in [6.45, 7) is 5.69. The Morgan fingerprint density at radius 2 is 1.97 bits per heavy atom. The molecule has 1 aliphatic heterocycles. The molecule has 3 amide bonds. The summed E-state index contributed by atoms with van der Waals surface area (Å²) in [6.07, 6.45) is 3.12. The molecule has 1 aliphatic rings. The predicted octanol–water partition coefficient (Wildman–Crippen LogP) is 4.98. The second-order valence-electron chi connectivity index (χ2n) is 6.54. The van der Waals surface area contributed by atoms with Gasteiger partial charge in [-0.1, -0.05) is 42.5 Å². The van der Waals surface area contributed by atoms with Crippen molar-refractivity contribution in [1.82, 2.24) is 4.90 Å². The van der Waals surface area contributed by atoms with Gasteiger partial charge in [0.2, 0.25) is 5.91 Å². The number of anilines is 1. The maximum atomic E-state index is 12.7. The Labute approximate surface area is 195 Å². The zero-order chi connectivity index (χ0) is 23.1.